The Kier molecular flexibility index (Phi) is 7.07. The first-order valence-electron chi connectivity index (χ1n) is 7.95. The average molecular weight is 410 g/mol. The molecule has 0 aliphatic heterocycles. The summed E-state index contributed by atoms with van der Waals surface area (Å²) in [6.45, 7) is -3.07. The SMILES string of the molecule is COC(=O)c1cc(OC(=O)c2ccc(OC(F)F)c(OC)c2)cc(C(=O)OC)c1. The van der Waals surface area contributed by atoms with Crippen molar-refractivity contribution in [3.8, 4) is 17.2 Å². The van der Waals surface area contributed by atoms with Crippen molar-refractivity contribution in [1.29, 1.82) is 0 Å². The maximum absolute atomic E-state index is 12.4. The Morgan fingerprint density at radius 3 is 1.83 bits per heavy atom. The van der Waals surface area contributed by atoms with Gasteiger partial charge in [-0.2, -0.15) is 8.78 Å². The second kappa shape index (κ2) is 9.49. The minimum atomic E-state index is -3.07. The van der Waals surface area contributed by atoms with Gasteiger partial charge in [-0.1, -0.05) is 0 Å². The Morgan fingerprint density at radius 2 is 1.34 bits per heavy atom. The lowest BCUT2D eigenvalue weighted by Crippen LogP contribution is -2.12. The highest BCUT2D eigenvalue weighted by atomic mass is 19.3. The van der Waals surface area contributed by atoms with Crippen LogP contribution in [0.3, 0.4) is 0 Å². The van der Waals surface area contributed by atoms with Gasteiger partial charge in [0, 0.05) is 0 Å². The second-order valence-corrected chi connectivity index (χ2v) is 5.36. The normalized spacial score (nSPS) is 10.3. The van der Waals surface area contributed by atoms with Gasteiger partial charge in [0.1, 0.15) is 5.75 Å². The van der Waals surface area contributed by atoms with Crippen LogP contribution in [0, 0.1) is 0 Å². The van der Waals surface area contributed by atoms with Crippen molar-refractivity contribution in [2.45, 2.75) is 6.61 Å². The minimum Gasteiger partial charge on any atom is -0.493 e. The third-order valence-electron chi connectivity index (χ3n) is 3.57. The van der Waals surface area contributed by atoms with E-state index in [-0.39, 0.29) is 33.9 Å². The van der Waals surface area contributed by atoms with Crippen LogP contribution < -0.4 is 14.2 Å². The third kappa shape index (κ3) is 5.41. The van der Waals surface area contributed by atoms with E-state index in [9.17, 15) is 23.2 Å². The number of carbonyl (C=O) groups excluding carboxylic acids is 3. The van der Waals surface area contributed by atoms with E-state index < -0.39 is 24.5 Å². The van der Waals surface area contributed by atoms with E-state index in [0.29, 0.717) is 0 Å². The number of carbonyl (C=O) groups is 3. The van der Waals surface area contributed by atoms with Crippen molar-refractivity contribution >= 4 is 17.9 Å². The molecule has 154 valence electrons. The number of benzene rings is 2. The largest absolute Gasteiger partial charge is 0.493 e. The highest BCUT2D eigenvalue weighted by molar-refractivity contribution is 5.97. The molecule has 2 rings (SSSR count). The zero-order valence-electron chi connectivity index (χ0n) is 15.6. The monoisotopic (exact) mass is 410 g/mol. The van der Waals surface area contributed by atoms with Crippen molar-refractivity contribution in [1.82, 2.24) is 0 Å². The van der Waals surface area contributed by atoms with Gasteiger partial charge in [-0.3, -0.25) is 0 Å². The van der Waals surface area contributed by atoms with Crippen LogP contribution in [0.4, 0.5) is 8.78 Å². The number of ether oxygens (including phenoxy) is 5. The number of alkyl halides is 2. The first-order chi connectivity index (χ1) is 13.8. The van der Waals surface area contributed by atoms with Gasteiger partial charge in [-0.05, 0) is 36.4 Å². The maximum atomic E-state index is 12.4. The van der Waals surface area contributed by atoms with Crippen LogP contribution in [-0.2, 0) is 9.47 Å². The molecule has 0 unspecified atom stereocenters. The highest BCUT2D eigenvalue weighted by Crippen LogP contribution is 2.30. The van der Waals surface area contributed by atoms with Crippen molar-refractivity contribution < 1.29 is 46.8 Å². The van der Waals surface area contributed by atoms with Crippen molar-refractivity contribution in [2.24, 2.45) is 0 Å². The zero-order chi connectivity index (χ0) is 21.6. The third-order valence-corrected chi connectivity index (χ3v) is 3.57. The molecule has 0 aliphatic carbocycles. The first-order valence-corrected chi connectivity index (χ1v) is 7.95. The summed E-state index contributed by atoms with van der Waals surface area (Å²) in [4.78, 5) is 36.0. The van der Waals surface area contributed by atoms with Gasteiger partial charge < -0.3 is 23.7 Å². The Labute approximate surface area is 163 Å². The van der Waals surface area contributed by atoms with Gasteiger partial charge in [0.25, 0.3) is 0 Å². The Balaban J connectivity index is 2.34. The number of esters is 3. The van der Waals surface area contributed by atoms with Crippen LogP contribution in [0.25, 0.3) is 0 Å². The summed E-state index contributed by atoms with van der Waals surface area (Å²) >= 11 is 0. The van der Waals surface area contributed by atoms with Crippen molar-refractivity contribution in [3.63, 3.8) is 0 Å². The summed E-state index contributed by atoms with van der Waals surface area (Å²) in [5, 5.41) is 0. The molecule has 29 heavy (non-hydrogen) atoms. The van der Waals surface area contributed by atoms with Gasteiger partial charge in [-0.15, -0.1) is 0 Å². The molecule has 2 aromatic carbocycles. The molecule has 0 radical (unpaired) electrons. The quantitative estimate of drug-likeness (QED) is 0.507. The molecule has 0 heterocycles. The fraction of sp³-hybridized carbons (Fsp3) is 0.211. The van der Waals surface area contributed by atoms with Crippen LogP contribution in [-0.4, -0.2) is 45.8 Å². The summed E-state index contributed by atoms with van der Waals surface area (Å²) in [7, 11) is 3.51. The molecular weight excluding hydrogens is 394 g/mol. The first kappa shape index (κ1) is 21.6. The van der Waals surface area contributed by atoms with Crippen LogP contribution in [0.15, 0.2) is 36.4 Å². The fourth-order valence-electron chi connectivity index (χ4n) is 2.28. The molecular formula is C19H16F2O8. The summed E-state index contributed by atoms with van der Waals surface area (Å²) in [5.41, 5.74) is -0.139. The zero-order valence-corrected chi connectivity index (χ0v) is 15.6. The summed E-state index contributed by atoms with van der Waals surface area (Å²) in [6.07, 6.45) is 0. The van der Waals surface area contributed by atoms with E-state index in [0.717, 1.165) is 26.4 Å². The lowest BCUT2D eigenvalue weighted by molar-refractivity contribution is -0.0512. The fourth-order valence-corrected chi connectivity index (χ4v) is 2.28. The Bertz CT molecular complexity index is 892. The van der Waals surface area contributed by atoms with Gasteiger partial charge in [0.2, 0.25) is 0 Å². The molecule has 0 bridgehead atoms. The van der Waals surface area contributed by atoms with E-state index in [2.05, 4.69) is 14.2 Å². The van der Waals surface area contributed by atoms with E-state index >= 15 is 0 Å². The molecule has 0 aliphatic rings. The summed E-state index contributed by atoms with van der Waals surface area (Å²) < 4.78 is 48.4. The van der Waals surface area contributed by atoms with Crippen molar-refractivity contribution in [3.05, 3.63) is 53.1 Å². The van der Waals surface area contributed by atoms with Gasteiger partial charge in [0.15, 0.2) is 11.5 Å². The molecule has 0 spiro atoms. The molecule has 0 fully saturated rings. The number of hydrogen-bond acceptors (Lipinski definition) is 8. The molecule has 10 heteroatoms. The second-order valence-electron chi connectivity index (χ2n) is 5.36. The van der Waals surface area contributed by atoms with Gasteiger partial charge in [-0.25, -0.2) is 14.4 Å². The van der Waals surface area contributed by atoms with Crippen LogP contribution in [0.2, 0.25) is 0 Å². The molecule has 2 aromatic rings. The van der Waals surface area contributed by atoms with Crippen LogP contribution in [0.1, 0.15) is 31.1 Å². The average Bonchev–Trinajstić information content (AvgIpc) is 2.71. The molecule has 8 nitrogen and oxygen atoms in total. The summed E-state index contributed by atoms with van der Waals surface area (Å²) in [5.74, 6) is -2.93. The maximum Gasteiger partial charge on any atom is 0.387 e. The Hall–Kier alpha value is -3.69. The molecule has 0 amide bonds. The molecule has 0 N–H and O–H groups in total. The smallest absolute Gasteiger partial charge is 0.387 e. The highest BCUT2D eigenvalue weighted by Gasteiger charge is 2.19. The Morgan fingerprint density at radius 1 is 0.759 bits per heavy atom. The number of halogens is 2. The lowest BCUT2D eigenvalue weighted by Gasteiger charge is -2.12. The van der Waals surface area contributed by atoms with E-state index in [4.69, 9.17) is 9.47 Å². The standard InChI is InChI=1S/C19H16F2O8/c1-25-15-9-10(4-5-14(15)29-19(20)21)18(24)28-13-7-11(16(22)26-2)6-12(8-13)17(23)27-3/h4-9,19H,1-3H3. The van der Waals surface area contributed by atoms with Gasteiger partial charge >= 0.3 is 24.5 Å². The predicted molar refractivity (Wildman–Crippen MR) is 93.7 cm³/mol. The molecule has 0 atom stereocenters. The predicted octanol–water partition coefficient (Wildman–Crippen LogP) is 3.09. The van der Waals surface area contributed by atoms with E-state index in [1.165, 1.54) is 31.4 Å². The molecule has 0 aromatic heterocycles. The molecule has 0 saturated carbocycles. The molecule has 0 saturated heterocycles. The topological polar surface area (TPSA) is 97.4 Å². The van der Waals surface area contributed by atoms with E-state index in [1.807, 2.05) is 0 Å². The minimum absolute atomic E-state index is 0.0449. The number of rotatable bonds is 7. The number of hydrogen-bond donors (Lipinski definition) is 0. The summed E-state index contributed by atoms with van der Waals surface area (Å²) in [6, 6.07) is 7.06. The lowest BCUT2D eigenvalue weighted by atomic mass is 10.1. The van der Waals surface area contributed by atoms with Gasteiger partial charge in [0.05, 0.1) is 38.0 Å². The van der Waals surface area contributed by atoms with E-state index in [1.54, 1.807) is 0 Å². The van der Waals surface area contributed by atoms with Crippen LogP contribution >= 0.6 is 0 Å². The van der Waals surface area contributed by atoms with Crippen LogP contribution in [0.5, 0.6) is 17.2 Å². The van der Waals surface area contributed by atoms with Crippen molar-refractivity contribution in [2.75, 3.05) is 21.3 Å². The number of methoxy groups -OCH3 is 3.